The van der Waals surface area contributed by atoms with Crippen molar-refractivity contribution in [1.82, 2.24) is 4.90 Å². The Kier molecular flexibility index (Phi) is 2.75. The van der Waals surface area contributed by atoms with Gasteiger partial charge in [-0.05, 0) is 18.8 Å². The van der Waals surface area contributed by atoms with Gasteiger partial charge in [0.15, 0.2) is 0 Å². The van der Waals surface area contributed by atoms with Gasteiger partial charge in [-0.1, -0.05) is 0 Å². The van der Waals surface area contributed by atoms with Gasteiger partial charge < -0.3 is 5.73 Å². The molecule has 1 saturated carbocycles. The van der Waals surface area contributed by atoms with Crippen LogP contribution in [0.15, 0.2) is 0 Å². The lowest BCUT2D eigenvalue weighted by molar-refractivity contribution is -0.000461. The van der Waals surface area contributed by atoms with E-state index in [0.717, 1.165) is 19.5 Å². The maximum absolute atomic E-state index is 12.9. The van der Waals surface area contributed by atoms with Crippen LogP contribution in [0.5, 0.6) is 0 Å². The van der Waals surface area contributed by atoms with E-state index in [0.29, 0.717) is 19.0 Å². The van der Waals surface area contributed by atoms with Gasteiger partial charge in [-0.3, -0.25) is 4.90 Å². The summed E-state index contributed by atoms with van der Waals surface area (Å²) in [6.45, 7) is 2.55. The summed E-state index contributed by atoms with van der Waals surface area (Å²) in [5.74, 6) is -2.20. The molecule has 1 saturated heterocycles. The van der Waals surface area contributed by atoms with Crippen LogP contribution in [-0.2, 0) is 0 Å². The van der Waals surface area contributed by atoms with Crippen molar-refractivity contribution in [2.75, 3.05) is 19.6 Å². The first kappa shape index (κ1) is 10.3. The molecule has 2 rings (SSSR count). The second kappa shape index (κ2) is 3.74. The van der Waals surface area contributed by atoms with E-state index in [-0.39, 0.29) is 18.8 Å². The van der Waals surface area contributed by atoms with E-state index in [9.17, 15) is 8.78 Å². The number of rotatable bonds is 3. The Labute approximate surface area is 83.4 Å². The largest absolute Gasteiger partial charge is 0.329 e. The van der Waals surface area contributed by atoms with Gasteiger partial charge in [-0.2, -0.15) is 0 Å². The molecule has 2 N–H and O–H groups in total. The highest BCUT2D eigenvalue weighted by Crippen LogP contribution is 2.39. The zero-order chi connectivity index (χ0) is 10.2. The molecule has 1 aliphatic heterocycles. The molecule has 14 heavy (non-hydrogen) atoms. The molecule has 82 valence electrons. The van der Waals surface area contributed by atoms with Crippen LogP contribution in [0.1, 0.15) is 25.7 Å². The summed E-state index contributed by atoms with van der Waals surface area (Å²) in [6, 6.07) is 0.462. The molecule has 0 bridgehead atoms. The predicted octanol–water partition coefficient (Wildman–Crippen LogP) is 1.45. The predicted molar refractivity (Wildman–Crippen MR) is 51.3 cm³/mol. The lowest BCUT2D eigenvalue weighted by Gasteiger charge is -2.41. The Balaban J connectivity index is 1.76. The number of nitrogens with zero attached hydrogens (tertiary/aromatic N) is 1. The van der Waals surface area contributed by atoms with Gasteiger partial charge in [0.25, 0.3) is 0 Å². The van der Waals surface area contributed by atoms with Gasteiger partial charge in [0, 0.05) is 38.5 Å². The Hall–Kier alpha value is -0.220. The van der Waals surface area contributed by atoms with Crippen LogP contribution in [0, 0.1) is 5.92 Å². The summed E-state index contributed by atoms with van der Waals surface area (Å²) in [5, 5.41) is 0. The van der Waals surface area contributed by atoms with Gasteiger partial charge in [0.2, 0.25) is 5.92 Å². The first-order chi connectivity index (χ1) is 6.61. The number of hydrogen-bond acceptors (Lipinski definition) is 2. The van der Waals surface area contributed by atoms with Crippen LogP contribution in [0.25, 0.3) is 0 Å². The van der Waals surface area contributed by atoms with E-state index >= 15 is 0 Å². The minimum atomic E-state index is -2.40. The van der Waals surface area contributed by atoms with Crippen molar-refractivity contribution in [3.05, 3.63) is 0 Å². The maximum Gasteiger partial charge on any atom is 0.248 e. The highest BCUT2D eigenvalue weighted by Gasteiger charge is 2.41. The van der Waals surface area contributed by atoms with E-state index in [1.807, 2.05) is 0 Å². The minimum Gasteiger partial charge on any atom is -0.329 e. The van der Waals surface area contributed by atoms with Gasteiger partial charge in [-0.15, -0.1) is 0 Å². The standard InChI is InChI=1S/C10H18F2N2/c11-10(12)3-1-8(5-10)7-14-4-2-9(14)6-13/h8-9H,1-7,13H2. The molecule has 4 heteroatoms. The number of hydrogen-bond donors (Lipinski definition) is 1. The van der Waals surface area contributed by atoms with Crippen LogP contribution in [0.4, 0.5) is 8.78 Å². The number of likely N-dealkylation sites (tertiary alicyclic amines) is 1. The number of nitrogens with two attached hydrogens (primary N) is 1. The SMILES string of the molecule is NCC1CCN1CC1CCC(F)(F)C1. The summed E-state index contributed by atoms with van der Waals surface area (Å²) in [6.07, 6.45) is 1.99. The molecule has 2 fully saturated rings. The highest BCUT2D eigenvalue weighted by atomic mass is 19.3. The molecule has 2 unspecified atom stereocenters. The maximum atomic E-state index is 12.9. The Morgan fingerprint density at radius 1 is 1.36 bits per heavy atom. The third-order valence-electron chi connectivity index (χ3n) is 3.54. The fraction of sp³-hybridized carbons (Fsp3) is 1.00. The van der Waals surface area contributed by atoms with Gasteiger partial charge in [0.1, 0.15) is 0 Å². The van der Waals surface area contributed by atoms with Crippen LogP contribution in [-0.4, -0.2) is 36.5 Å². The minimum absolute atomic E-state index is 0.0821. The van der Waals surface area contributed by atoms with Gasteiger partial charge in [-0.25, -0.2) is 8.78 Å². The Morgan fingerprint density at radius 2 is 2.14 bits per heavy atom. The zero-order valence-electron chi connectivity index (χ0n) is 8.38. The molecule has 2 atom stereocenters. The quantitative estimate of drug-likeness (QED) is 0.754. The second-order valence-electron chi connectivity index (χ2n) is 4.64. The lowest BCUT2D eigenvalue weighted by atomic mass is 9.99. The molecular formula is C10H18F2N2. The molecule has 2 aliphatic rings. The smallest absolute Gasteiger partial charge is 0.248 e. The molecule has 0 amide bonds. The summed E-state index contributed by atoms with van der Waals surface area (Å²) in [7, 11) is 0. The fourth-order valence-corrected chi connectivity index (χ4v) is 2.53. The lowest BCUT2D eigenvalue weighted by Crippen LogP contribution is -2.53. The number of halogens is 2. The summed E-state index contributed by atoms with van der Waals surface area (Å²) >= 11 is 0. The molecule has 0 aromatic rings. The second-order valence-corrected chi connectivity index (χ2v) is 4.64. The summed E-state index contributed by atoms with van der Waals surface area (Å²) < 4.78 is 25.8. The summed E-state index contributed by atoms with van der Waals surface area (Å²) in [4.78, 5) is 2.26. The fourth-order valence-electron chi connectivity index (χ4n) is 2.53. The average Bonchev–Trinajstić information content (AvgIpc) is 2.41. The molecule has 0 radical (unpaired) electrons. The number of alkyl halides is 2. The molecule has 1 heterocycles. The van der Waals surface area contributed by atoms with Crippen molar-refractivity contribution >= 4 is 0 Å². The van der Waals surface area contributed by atoms with Crippen molar-refractivity contribution in [3.8, 4) is 0 Å². The molecule has 0 spiro atoms. The molecule has 2 nitrogen and oxygen atoms in total. The van der Waals surface area contributed by atoms with Crippen molar-refractivity contribution < 1.29 is 8.78 Å². The van der Waals surface area contributed by atoms with Crippen LogP contribution < -0.4 is 5.73 Å². The van der Waals surface area contributed by atoms with Crippen molar-refractivity contribution in [2.24, 2.45) is 11.7 Å². The Morgan fingerprint density at radius 3 is 2.57 bits per heavy atom. The monoisotopic (exact) mass is 204 g/mol. The normalized spacial score (nSPS) is 37.1. The van der Waals surface area contributed by atoms with Gasteiger partial charge in [0.05, 0.1) is 0 Å². The van der Waals surface area contributed by atoms with E-state index in [1.165, 1.54) is 0 Å². The molecule has 0 aromatic carbocycles. The van der Waals surface area contributed by atoms with E-state index in [2.05, 4.69) is 4.90 Å². The molecular weight excluding hydrogens is 186 g/mol. The van der Waals surface area contributed by atoms with Gasteiger partial charge >= 0.3 is 0 Å². The zero-order valence-corrected chi connectivity index (χ0v) is 8.38. The molecule has 1 aliphatic carbocycles. The van der Waals surface area contributed by atoms with Crippen molar-refractivity contribution in [2.45, 2.75) is 37.6 Å². The van der Waals surface area contributed by atoms with Crippen LogP contribution in [0.3, 0.4) is 0 Å². The van der Waals surface area contributed by atoms with Crippen molar-refractivity contribution in [3.63, 3.8) is 0 Å². The van der Waals surface area contributed by atoms with E-state index in [4.69, 9.17) is 5.73 Å². The summed E-state index contributed by atoms with van der Waals surface area (Å²) in [5.41, 5.74) is 5.56. The molecule has 0 aromatic heterocycles. The third-order valence-corrected chi connectivity index (χ3v) is 3.54. The first-order valence-corrected chi connectivity index (χ1v) is 5.43. The average molecular weight is 204 g/mol. The van der Waals surface area contributed by atoms with Crippen molar-refractivity contribution in [1.29, 1.82) is 0 Å². The van der Waals surface area contributed by atoms with E-state index in [1.54, 1.807) is 0 Å². The Bertz CT molecular complexity index is 206. The van der Waals surface area contributed by atoms with Crippen LogP contribution in [0.2, 0.25) is 0 Å². The van der Waals surface area contributed by atoms with E-state index < -0.39 is 5.92 Å². The first-order valence-electron chi connectivity index (χ1n) is 5.43. The topological polar surface area (TPSA) is 29.3 Å². The highest BCUT2D eigenvalue weighted by molar-refractivity contribution is 4.89. The van der Waals surface area contributed by atoms with Crippen LogP contribution >= 0.6 is 0 Å². The third kappa shape index (κ3) is 2.06.